The van der Waals surface area contributed by atoms with Crippen LogP contribution in [-0.2, 0) is 9.47 Å². The second-order valence-electron chi connectivity index (χ2n) is 9.08. The molecular formula is C22H41ClN2O3. The van der Waals surface area contributed by atoms with Gasteiger partial charge < -0.3 is 20.2 Å². The number of hydrogen-bond donors (Lipinski definition) is 2. The number of alkyl carbamates (subject to hydrolysis) is 1. The summed E-state index contributed by atoms with van der Waals surface area (Å²) in [5.74, 6) is 0. The molecule has 0 radical (unpaired) electrons. The Morgan fingerprint density at radius 2 is 1.64 bits per heavy atom. The van der Waals surface area contributed by atoms with Crippen molar-refractivity contribution in [3.8, 4) is 0 Å². The Bertz CT molecular complexity index is 538. The maximum Gasteiger partial charge on any atom is 0.407 e. The van der Waals surface area contributed by atoms with E-state index in [1.54, 1.807) is 13.4 Å². The van der Waals surface area contributed by atoms with Crippen LogP contribution in [0.15, 0.2) is 11.3 Å². The van der Waals surface area contributed by atoms with E-state index >= 15 is 0 Å². The van der Waals surface area contributed by atoms with Crippen molar-refractivity contribution in [2.24, 2.45) is 10.8 Å². The Balaban J connectivity index is 4.34. The number of carbonyl (C=O) groups excluding carboxylic acids is 1. The van der Waals surface area contributed by atoms with E-state index in [9.17, 15) is 4.79 Å². The van der Waals surface area contributed by atoms with Gasteiger partial charge in [0.1, 0.15) is 5.60 Å². The minimum atomic E-state index is -0.467. The van der Waals surface area contributed by atoms with Gasteiger partial charge in [0.05, 0.1) is 18.4 Å². The first-order chi connectivity index (χ1) is 12.8. The molecule has 0 saturated heterocycles. The number of nitrogens with one attached hydrogen (secondary N) is 2. The molecule has 0 aromatic heterocycles. The molecule has 0 aromatic carbocycles. The first-order valence-electron chi connectivity index (χ1n) is 10.3. The van der Waals surface area contributed by atoms with Crippen LogP contribution in [0, 0.1) is 16.2 Å². The Labute approximate surface area is 177 Å². The average molecular weight is 417 g/mol. The predicted molar refractivity (Wildman–Crippen MR) is 118 cm³/mol. The van der Waals surface area contributed by atoms with Gasteiger partial charge in [-0.25, -0.2) is 4.79 Å². The molecule has 164 valence electrons. The summed E-state index contributed by atoms with van der Waals surface area (Å²) in [6.07, 6.45) is 6.70. The third kappa shape index (κ3) is 8.42. The van der Waals surface area contributed by atoms with Crippen LogP contribution in [-0.4, -0.2) is 31.1 Å². The standard InChI is InChI=1S/C22H41ClN2O3/c1-9-22(7,17(23)16-27-8)21(5,6)18(24)14-12-10-11-13-15-25-19(26)28-20(2,3)4/h16,24H,9-15H2,1-8H3,(H,25,26)/b17-16-,24-18?. The minimum absolute atomic E-state index is 0.334. The van der Waals surface area contributed by atoms with Crippen molar-refractivity contribution in [1.29, 1.82) is 5.41 Å². The zero-order chi connectivity index (χ0) is 22.0. The van der Waals surface area contributed by atoms with Gasteiger partial charge in [0.25, 0.3) is 0 Å². The predicted octanol–water partition coefficient (Wildman–Crippen LogP) is 6.65. The highest BCUT2D eigenvalue weighted by molar-refractivity contribution is 6.30. The van der Waals surface area contributed by atoms with Crippen molar-refractivity contribution >= 4 is 23.4 Å². The first kappa shape index (κ1) is 26.8. The summed E-state index contributed by atoms with van der Waals surface area (Å²) in [6.45, 7) is 14.6. The van der Waals surface area contributed by atoms with Crippen LogP contribution in [0.3, 0.4) is 0 Å². The highest BCUT2D eigenvalue weighted by Crippen LogP contribution is 2.50. The quantitative estimate of drug-likeness (QED) is 0.212. The van der Waals surface area contributed by atoms with Crippen molar-refractivity contribution in [1.82, 2.24) is 5.32 Å². The molecule has 0 aromatic rings. The molecular weight excluding hydrogens is 376 g/mol. The fourth-order valence-electron chi connectivity index (χ4n) is 3.07. The van der Waals surface area contributed by atoms with Gasteiger partial charge >= 0.3 is 6.09 Å². The van der Waals surface area contributed by atoms with Crippen LogP contribution in [0.5, 0.6) is 0 Å². The van der Waals surface area contributed by atoms with E-state index in [0.717, 1.165) is 38.5 Å². The molecule has 0 aliphatic rings. The Kier molecular flexibility index (Phi) is 11.2. The number of hydrogen-bond acceptors (Lipinski definition) is 4. The monoisotopic (exact) mass is 416 g/mol. The van der Waals surface area contributed by atoms with Gasteiger partial charge in [-0.3, -0.25) is 0 Å². The third-order valence-corrected chi connectivity index (χ3v) is 6.12. The molecule has 0 heterocycles. The number of amides is 1. The van der Waals surface area contributed by atoms with Crippen LogP contribution >= 0.6 is 11.6 Å². The largest absolute Gasteiger partial charge is 0.503 e. The fraction of sp³-hybridized carbons (Fsp3) is 0.818. The Morgan fingerprint density at radius 1 is 1.07 bits per heavy atom. The lowest BCUT2D eigenvalue weighted by molar-refractivity contribution is 0.0527. The van der Waals surface area contributed by atoms with Crippen LogP contribution in [0.25, 0.3) is 0 Å². The molecule has 2 N–H and O–H groups in total. The maximum atomic E-state index is 11.6. The summed E-state index contributed by atoms with van der Waals surface area (Å²) in [5, 5.41) is 12.1. The Hall–Kier alpha value is -1.23. The van der Waals surface area contributed by atoms with E-state index in [4.69, 9.17) is 26.5 Å². The molecule has 0 rings (SSSR count). The van der Waals surface area contributed by atoms with E-state index < -0.39 is 5.60 Å². The van der Waals surface area contributed by atoms with Gasteiger partial charge in [-0.2, -0.15) is 0 Å². The van der Waals surface area contributed by atoms with Gasteiger partial charge in [0, 0.05) is 23.1 Å². The van der Waals surface area contributed by atoms with Crippen molar-refractivity contribution in [3.63, 3.8) is 0 Å². The molecule has 1 atom stereocenters. The van der Waals surface area contributed by atoms with E-state index in [2.05, 4.69) is 33.0 Å². The molecule has 1 amide bonds. The molecule has 0 aliphatic heterocycles. The summed E-state index contributed by atoms with van der Waals surface area (Å²) in [7, 11) is 1.59. The summed E-state index contributed by atoms with van der Waals surface area (Å²) in [4.78, 5) is 11.6. The Morgan fingerprint density at radius 3 is 2.14 bits per heavy atom. The maximum absolute atomic E-state index is 11.6. The molecule has 1 unspecified atom stereocenters. The van der Waals surface area contributed by atoms with E-state index in [1.807, 2.05) is 20.8 Å². The molecule has 0 aliphatic carbocycles. The van der Waals surface area contributed by atoms with Crippen molar-refractivity contribution in [3.05, 3.63) is 11.3 Å². The van der Waals surface area contributed by atoms with Gasteiger partial charge in [-0.15, -0.1) is 0 Å². The van der Waals surface area contributed by atoms with Gasteiger partial charge in [0.15, 0.2) is 0 Å². The summed E-state index contributed by atoms with van der Waals surface area (Å²) < 4.78 is 10.3. The molecule has 28 heavy (non-hydrogen) atoms. The molecule has 0 bridgehead atoms. The number of rotatable bonds is 12. The smallest absolute Gasteiger partial charge is 0.407 e. The van der Waals surface area contributed by atoms with E-state index in [-0.39, 0.29) is 16.9 Å². The lowest BCUT2D eigenvalue weighted by atomic mass is 9.61. The number of unbranched alkanes of at least 4 members (excludes halogenated alkanes) is 3. The second-order valence-corrected chi connectivity index (χ2v) is 9.49. The molecule has 0 saturated carbocycles. The number of halogens is 1. The van der Waals surface area contributed by atoms with Gasteiger partial charge in [0.2, 0.25) is 0 Å². The second kappa shape index (κ2) is 11.7. The average Bonchev–Trinajstić information content (AvgIpc) is 2.58. The van der Waals surface area contributed by atoms with Crippen molar-refractivity contribution in [2.45, 2.75) is 92.6 Å². The highest BCUT2D eigenvalue weighted by Gasteiger charge is 2.45. The first-order valence-corrected chi connectivity index (χ1v) is 10.6. The van der Waals surface area contributed by atoms with Crippen molar-refractivity contribution in [2.75, 3.05) is 13.7 Å². The zero-order valence-corrected chi connectivity index (χ0v) is 19.9. The molecule has 5 nitrogen and oxygen atoms in total. The van der Waals surface area contributed by atoms with Gasteiger partial charge in [-0.05, 0) is 46.5 Å². The summed E-state index contributed by atoms with van der Waals surface area (Å²) >= 11 is 6.50. The summed E-state index contributed by atoms with van der Waals surface area (Å²) in [6, 6.07) is 0. The number of carbonyl (C=O) groups is 1. The normalized spacial score (nSPS) is 15.0. The van der Waals surface area contributed by atoms with Crippen LogP contribution < -0.4 is 5.32 Å². The topological polar surface area (TPSA) is 71.4 Å². The lowest BCUT2D eigenvalue weighted by Crippen LogP contribution is -2.41. The number of ether oxygens (including phenoxy) is 2. The minimum Gasteiger partial charge on any atom is -0.503 e. The lowest BCUT2D eigenvalue weighted by Gasteiger charge is -2.44. The van der Waals surface area contributed by atoms with Crippen LogP contribution in [0.1, 0.15) is 87.0 Å². The van der Waals surface area contributed by atoms with E-state index in [1.165, 1.54) is 0 Å². The van der Waals surface area contributed by atoms with Crippen LogP contribution in [0.4, 0.5) is 4.79 Å². The van der Waals surface area contributed by atoms with Crippen LogP contribution in [0.2, 0.25) is 0 Å². The molecule has 0 spiro atoms. The fourth-order valence-corrected chi connectivity index (χ4v) is 3.53. The van der Waals surface area contributed by atoms with Gasteiger partial charge in [-0.1, -0.05) is 52.1 Å². The highest BCUT2D eigenvalue weighted by atomic mass is 35.5. The van der Waals surface area contributed by atoms with E-state index in [0.29, 0.717) is 17.3 Å². The van der Waals surface area contributed by atoms with Crippen molar-refractivity contribution < 1.29 is 14.3 Å². The molecule has 6 heteroatoms. The SMILES string of the molecule is CCC(C)(/C(Cl)=C/OC)C(C)(C)C(=N)CCCCCCNC(=O)OC(C)(C)C. The number of methoxy groups -OCH3 is 1. The summed E-state index contributed by atoms with van der Waals surface area (Å²) in [5.41, 5.74) is -0.442. The number of allylic oxidation sites excluding steroid dienone is 1. The zero-order valence-electron chi connectivity index (χ0n) is 19.1. The molecule has 0 fully saturated rings. The third-order valence-electron chi connectivity index (χ3n) is 5.61.